The highest BCUT2D eigenvalue weighted by Crippen LogP contribution is 2.33. The monoisotopic (exact) mass is 1020 g/mol. The largest absolute Gasteiger partial charge is 0.495 e. The van der Waals surface area contributed by atoms with E-state index in [1.54, 1.807) is 61.7 Å². The van der Waals surface area contributed by atoms with E-state index in [4.69, 9.17) is 23.5 Å². The van der Waals surface area contributed by atoms with Crippen molar-refractivity contribution in [3.8, 4) is 34.6 Å². The van der Waals surface area contributed by atoms with Crippen LogP contribution in [0.25, 0.3) is 22.0 Å². The van der Waals surface area contributed by atoms with Gasteiger partial charge in [0, 0.05) is 66.2 Å². The number of pyridine rings is 2. The summed E-state index contributed by atoms with van der Waals surface area (Å²) in [5, 5.41) is 13.4. The van der Waals surface area contributed by atoms with Crippen molar-refractivity contribution in [2.45, 2.75) is 56.6 Å². The van der Waals surface area contributed by atoms with E-state index >= 15 is 0 Å². The summed E-state index contributed by atoms with van der Waals surface area (Å²) >= 11 is 0. The molecule has 0 aliphatic carbocycles. The molecule has 384 valence electrons. The third kappa shape index (κ3) is 14.1. The molecular formula is C50H56F4N8O9S. The van der Waals surface area contributed by atoms with Gasteiger partial charge in [0.05, 0.1) is 91.6 Å². The van der Waals surface area contributed by atoms with Crippen LogP contribution in [0.3, 0.4) is 0 Å². The number of aryl methyl sites for hydroxylation is 2. The fourth-order valence-electron chi connectivity index (χ4n) is 8.13. The van der Waals surface area contributed by atoms with Crippen molar-refractivity contribution in [3.05, 3.63) is 112 Å². The highest BCUT2D eigenvalue weighted by Gasteiger charge is 2.31. The molecule has 1 aliphatic heterocycles. The molecule has 22 heteroatoms. The lowest BCUT2D eigenvalue weighted by Crippen LogP contribution is -2.46. The van der Waals surface area contributed by atoms with Crippen molar-refractivity contribution in [2.75, 3.05) is 89.8 Å². The molecule has 0 saturated carbocycles. The second kappa shape index (κ2) is 24.0. The molecule has 1 amide bonds. The molecule has 0 unspecified atom stereocenters. The Balaban J connectivity index is 0.812. The van der Waals surface area contributed by atoms with Crippen LogP contribution in [0, 0.1) is 25.7 Å². The van der Waals surface area contributed by atoms with Crippen LogP contribution >= 0.6 is 0 Å². The zero-order chi connectivity index (χ0) is 51.4. The predicted octanol–water partition coefficient (Wildman–Crippen LogP) is 6.01. The molecule has 0 spiro atoms. The van der Waals surface area contributed by atoms with E-state index < -0.39 is 40.7 Å². The highest BCUT2D eigenvalue weighted by atomic mass is 32.2. The molecule has 1 fully saturated rings. The van der Waals surface area contributed by atoms with E-state index in [0.717, 1.165) is 15.7 Å². The molecule has 0 bridgehead atoms. The molecule has 5 heterocycles. The number of benzene rings is 2. The number of fused-ring (bicyclic) bond motifs is 1. The van der Waals surface area contributed by atoms with Crippen molar-refractivity contribution < 1.29 is 54.2 Å². The van der Waals surface area contributed by atoms with Gasteiger partial charge in [-0.1, -0.05) is 23.2 Å². The number of sulfone groups is 1. The molecule has 72 heavy (non-hydrogen) atoms. The highest BCUT2D eigenvalue weighted by molar-refractivity contribution is 7.91. The van der Waals surface area contributed by atoms with E-state index in [0.29, 0.717) is 52.4 Å². The van der Waals surface area contributed by atoms with Crippen molar-refractivity contribution in [2.24, 2.45) is 0 Å². The lowest BCUT2D eigenvalue weighted by molar-refractivity contribution is -0.140. The fraction of sp³-hybridized carbons (Fsp3) is 0.400. The Labute approximate surface area is 413 Å². The molecule has 2 aromatic carbocycles. The van der Waals surface area contributed by atoms with Crippen LogP contribution in [-0.2, 0) is 37.2 Å². The molecule has 2 atom stereocenters. The van der Waals surface area contributed by atoms with Crippen LogP contribution in [0.15, 0.2) is 93.2 Å². The number of nitrogens with zero attached hydrogens (tertiary/aromatic N) is 5. The van der Waals surface area contributed by atoms with E-state index in [1.807, 2.05) is 18.9 Å². The lowest BCUT2D eigenvalue weighted by atomic mass is 10.0. The van der Waals surface area contributed by atoms with Gasteiger partial charge in [-0.3, -0.25) is 9.59 Å². The maximum atomic E-state index is 14.9. The zero-order valence-electron chi connectivity index (χ0n) is 40.2. The van der Waals surface area contributed by atoms with Gasteiger partial charge in [-0.25, -0.2) is 17.8 Å². The van der Waals surface area contributed by atoms with E-state index in [-0.39, 0.29) is 92.7 Å². The number of likely N-dealkylation sites (tertiary alicyclic amines) is 1. The maximum absolute atomic E-state index is 14.9. The number of rotatable bonds is 22. The first-order valence-electron chi connectivity index (χ1n) is 23.0. The quantitative estimate of drug-likeness (QED) is 0.0407. The maximum Gasteiger partial charge on any atom is 0.406 e. The average molecular weight is 1020 g/mol. The SMILES string of the molecule is COc1cc(S(=O)(=O)CCOCCOCCNC(=O)COc2cccc(Cn3cc(-c4c(C)noc4C)ccc3=O)n2)ccc1NCC#Cc1cc2c(N[C@@H]3CCN(C)C[C@@H]3F)cccc2n1CC(F)(F)F. The number of alkyl halides is 4. The Bertz CT molecular complexity index is 3060. The number of carbonyl (C=O) groups is 1. The van der Waals surface area contributed by atoms with Gasteiger partial charge in [0.25, 0.3) is 11.5 Å². The van der Waals surface area contributed by atoms with Crippen molar-refractivity contribution >= 4 is 38.0 Å². The summed E-state index contributed by atoms with van der Waals surface area (Å²) in [5.74, 6) is 6.03. The summed E-state index contributed by atoms with van der Waals surface area (Å²) in [4.78, 5) is 31.4. The molecule has 1 aliphatic rings. The minimum absolute atomic E-state index is 0.00731. The Morgan fingerprint density at radius 2 is 1.78 bits per heavy atom. The second-order valence-corrected chi connectivity index (χ2v) is 19.1. The molecule has 1 saturated heterocycles. The Morgan fingerprint density at radius 1 is 0.986 bits per heavy atom. The number of hydrogen-bond acceptors (Lipinski definition) is 14. The molecule has 6 aromatic rings. The van der Waals surface area contributed by atoms with Gasteiger partial charge in [-0.2, -0.15) is 13.2 Å². The summed E-state index contributed by atoms with van der Waals surface area (Å²) in [7, 11) is -0.585. The van der Waals surface area contributed by atoms with Crippen LogP contribution in [0.4, 0.5) is 28.9 Å². The minimum atomic E-state index is -4.53. The average Bonchev–Trinajstić information content (AvgIpc) is 3.87. The van der Waals surface area contributed by atoms with Crippen molar-refractivity contribution in [1.29, 1.82) is 0 Å². The van der Waals surface area contributed by atoms with Gasteiger partial charge in [0.1, 0.15) is 24.2 Å². The van der Waals surface area contributed by atoms with E-state index in [2.05, 4.69) is 37.9 Å². The number of hydrogen-bond donors (Lipinski definition) is 3. The first kappa shape index (κ1) is 52.9. The number of carbonyl (C=O) groups excluding carboxylic acids is 1. The standard InChI is InChI=1S/C50H56F4N8O9S/c1-33-49(34(2)71-59-33)35-13-16-48(64)61(28-35)29-36-8-5-12-47(57-36)70-31-46(63)56-19-21-68-22-23-69-24-25-72(65,66)38-14-15-43(45(27-38)67-4)55-18-7-9-37-26-39-41(58-42-17-20-60(3)30-40(42)51)10-6-11-44(39)62(37)32-50(52,53)54/h5-6,8,10-16,26-28,40,42,55,58H,17-25,29-32H2,1-4H3,(H,56,63)/t40-,42+/m0/s1. The second-order valence-electron chi connectivity index (χ2n) is 17.0. The molecule has 3 N–H and O–H groups in total. The minimum Gasteiger partial charge on any atom is -0.495 e. The normalized spacial score (nSPS) is 15.2. The van der Waals surface area contributed by atoms with Crippen LogP contribution in [0.2, 0.25) is 0 Å². The smallest absolute Gasteiger partial charge is 0.406 e. The first-order chi connectivity index (χ1) is 34.5. The Kier molecular flexibility index (Phi) is 17.6. The molecule has 4 aromatic heterocycles. The fourth-order valence-corrected chi connectivity index (χ4v) is 9.26. The topological polar surface area (TPSA) is 193 Å². The van der Waals surface area contributed by atoms with Crippen LogP contribution in [0.5, 0.6) is 11.6 Å². The van der Waals surface area contributed by atoms with Crippen LogP contribution in [-0.4, -0.2) is 136 Å². The van der Waals surface area contributed by atoms with Gasteiger partial charge in [0.2, 0.25) is 5.88 Å². The number of piperidine rings is 1. The van der Waals surface area contributed by atoms with Gasteiger partial charge in [0.15, 0.2) is 16.4 Å². The zero-order valence-corrected chi connectivity index (χ0v) is 41.0. The molecule has 0 radical (unpaired) electrons. The number of anilines is 2. The number of methoxy groups -OCH3 is 1. The summed E-state index contributed by atoms with van der Waals surface area (Å²) in [6, 6.07) is 18.5. The molecule has 7 rings (SSSR count). The third-order valence-corrected chi connectivity index (χ3v) is 13.4. The molecular weight excluding hydrogens is 965 g/mol. The summed E-state index contributed by atoms with van der Waals surface area (Å²) in [5.41, 5.74) is 4.00. The number of nitrogens with one attached hydrogen (secondary N) is 3. The summed E-state index contributed by atoms with van der Waals surface area (Å²) in [6.07, 6.45) is -3.42. The van der Waals surface area contributed by atoms with E-state index in [9.17, 15) is 35.6 Å². The Morgan fingerprint density at radius 3 is 2.53 bits per heavy atom. The van der Waals surface area contributed by atoms with E-state index in [1.165, 1.54) is 35.9 Å². The summed E-state index contributed by atoms with van der Waals surface area (Å²) < 4.78 is 112. The van der Waals surface area contributed by atoms with Gasteiger partial charge in [-0.15, -0.1) is 0 Å². The molecule has 17 nitrogen and oxygen atoms in total. The van der Waals surface area contributed by atoms with Gasteiger partial charge in [-0.05, 0) is 75.7 Å². The number of ether oxygens (including phenoxy) is 4. The number of halogens is 4. The number of aromatic nitrogens is 4. The van der Waals surface area contributed by atoms with Crippen LogP contribution in [0.1, 0.15) is 29.3 Å². The van der Waals surface area contributed by atoms with Gasteiger partial charge >= 0.3 is 6.18 Å². The number of amides is 1. The summed E-state index contributed by atoms with van der Waals surface area (Å²) in [6.45, 7) is 3.63. The first-order valence-corrected chi connectivity index (χ1v) is 24.7. The third-order valence-electron chi connectivity index (χ3n) is 11.7. The lowest BCUT2D eigenvalue weighted by Gasteiger charge is -2.33. The van der Waals surface area contributed by atoms with Gasteiger partial charge < -0.3 is 53.5 Å². The van der Waals surface area contributed by atoms with Crippen molar-refractivity contribution in [1.82, 2.24) is 29.5 Å². The predicted molar refractivity (Wildman–Crippen MR) is 262 cm³/mol. The van der Waals surface area contributed by atoms with Crippen LogP contribution < -0.4 is 31.0 Å². The van der Waals surface area contributed by atoms with Crippen molar-refractivity contribution in [3.63, 3.8) is 0 Å². The Hall–Kier alpha value is -6.93.